The molecule has 2 heterocycles. The van der Waals surface area contributed by atoms with Crippen molar-refractivity contribution in [3.05, 3.63) is 45.4 Å². The van der Waals surface area contributed by atoms with Crippen LogP contribution in [0.5, 0.6) is 5.75 Å². The Hall–Kier alpha value is -1.88. The highest BCUT2D eigenvalue weighted by Crippen LogP contribution is 2.31. The molecule has 5 heteroatoms. The SMILES string of the molecule is CCCc1cc(OCc2cncc(C)c2)c(C(=O)O)s1. The van der Waals surface area contributed by atoms with Crippen molar-refractivity contribution in [2.24, 2.45) is 0 Å². The van der Waals surface area contributed by atoms with Crippen LogP contribution in [-0.4, -0.2) is 16.1 Å². The van der Waals surface area contributed by atoms with Crippen molar-refractivity contribution in [3.8, 4) is 5.75 Å². The third-order valence-corrected chi connectivity index (χ3v) is 3.93. The molecule has 0 saturated heterocycles. The fourth-order valence-electron chi connectivity index (χ4n) is 1.91. The average molecular weight is 291 g/mol. The monoisotopic (exact) mass is 291 g/mol. The van der Waals surface area contributed by atoms with E-state index in [9.17, 15) is 9.90 Å². The van der Waals surface area contributed by atoms with E-state index >= 15 is 0 Å². The number of aryl methyl sites for hydroxylation is 2. The summed E-state index contributed by atoms with van der Waals surface area (Å²) in [5.74, 6) is -0.484. The van der Waals surface area contributed by atoms with Gasteiger partial charge in [-0.3, -0.25) is 4.98 Å². The number of pyridine rings is 1. The summed E-state index contributed by atoms with van der Waals surface area (Å²) in [6.45, 7) is 4.36. The molecule has 20 heavy (non-hydrogen) atoms. The molecule has 0 unspecified atom stereocenters. The van der Waals surface area contributed by atoms with Gasteiger partial charge in [-0.2, -0.15) is 0 Å². The topological polar surface area (TPSA) is 59.4 Å². The van der Waals surface area contributed by atoms with Gasteiger partial charge in [0.25, 0.3) is 0 Å². The average Bonchev–Trinajstić information content (AvgIpc) is 2.80. The van der Waals surface area contributed by atoms with Crippen molar-refractivity contribution in [2.45, 2.75) is 33.3 Å². The highest BCUT2D eigenvalue weighted by Gasteiger charge is 2.16. The molecule has 0 fully saturated rings. The molecule has 2 aromatic heterocycles. The Morgan fingerprint density at radius 3 is 2.85 bits per heavy atom. The lowest BCUT2D eigenvalue weighted by Gasteiger charge is -2.05. The van der Waals surface area contributed by atoms with E-state index in [1.165, 1.54) is 11.3 Å². The van der Waals surface area contributed by atoms with Gasteiger partial charge in [0.1, 0.15) is 12.4 Å². The number of carboxylic acids is 1. The molecule has 0 aliphatic rings. The minimum Gasteiger partial charge on any atom is -0.487 e. The van der Waals surface area contributed by atoms with E-state index in [4.69, 9.17) is 4.74 Å². The zero-order valence-electron chi connectivity index (χ0n) is 11.5. The Morgan fingerprint density at radius 2 is 2.20 bits per heavy atom. The molecule has 0 radical (unpaired) electrons. The van der Waals surface area contributed by atoms with Crippen LogP contribution in [0, 0.1) is 6.92 Å². The lowest BCUT2D eigenvalue weighted by molar-refractivity contribution is 0.0697. The van der Waals surface area contributed by atoms with Gasteiger partial charge >= 0.3 is 5.97 Å². The molecule has 0 bridgehead atoms. The van der Waals surface area contributed by atoms with Crippen LogP contribution in [0.4, 0.5) is 0 Å². The number of rotatable bonds is 6. The van der Waals surface area contributed by atoms with Gasteiger partial charge < -0.3 is 9.84 Å². The van der Waals surface area contributed by atoms with Crippen LogP contribution in [0.1, 0.15) is 39.0 Å². The molecular weight excluding hydrogens is 274 g/mol. The predicted molar refractivity (Wildman–Crippen MR) is 78.6 cm³/mol. The second kappa shape index (κ2) is 6.52. The first-order valence-corrected chi connectivity index (χ1v) is 7.31. The van der Waals surface area contributed by atoms with E-state index in [1.807, 2.05) is 19.1 Å². The van der Waals surface area contributed by atoms with E-state index in [0.717, 1.165) is 28.8 Å². The maximum absolute atomic E-state index is 11.2. The van der Waals surface area contributed by atoms with E-state index in [1.54, 1.807) is 12.4 Å². The van der Waals surface area contributed by atoms with Crippen molar-refractivity contribution in [3.63, 3.8) is 0 Å². The number of carbonyl (C=O) groups is 1. The van der Waals surface area contributed by atoms with Crippen molar-refractivity contribution in [1.29, 1.82) is 0 Å². The van der Waals surface area contributed by atoms with E-state index in [0.29, 0.717) is 12.4 Å². The Bertz CT molecular complexity index is 607. The summed E-state index contributed by atoms with van der Waals surface area (Å²) in [4.78, 5) is 16.6. The summed E-state index contributed by atoms with van der Waals surface area (Å²) < 4.78 is 5.66. The molecule has 0 amide bonds. The van der Waals surface area contributed by atoms with Gasteiger partial charge in [-0.1, -0.05) is 13.3 Å². The number of nitrogens with zero attached hydrogens (tertiary/aromatic N) is 1. The molecule has 2 aromatic rings. The van der Waals surface area contributed by atoms with E-state index in [-0.39, 0.29) is 4.88 Å². The fraction of sp³-hybridized carbons (Fsp3) is 0.333. The highest BCUT2D eigenvalue weighted by atomic mass is 32.1. The molecule has 0 spiro atoms. The summed E-state index contributed by atoms with van der Waals surface area (Å²) in [6, 6.07) is 3.81. The fourth-order valence-corrected chi connectivity index (χ4v) is 2.95. The van der Waals surface area contributed by atoms with Gasteiger partial charge in [0, 0.05) is 22.8 Å². The van der Waals surface area contributed by atoms with Gasteiger partial charge in [0.15, 0.2) is 4.88 Å². The number of aromatic carboxylic acids is 1. The smallest absolute Gasteiger partial charge is 0.349 e. The Morgan fingerprint density at radius 1 is 1.40 bits per heavy atom. The summed E-state index contributed by atoms with van der Waals surface area (Å²) in [5.41, 5.74) is 1.99. The molecular formula is C15H17NO3S. The standard InChI is InChI=1S/C15H17NO3S/c1-3-4-12-6-13(14(20-12)15(17)18)19-9-11-5-10(2)7-16-8-11/h5-8H,3-4,9H2,1-2H3,(H,17,18). The first-order chi connectivity index (χ1) is 9.60. The molecule has 0 aliphatic carbocycles. The second-order valence-electron chi connectivity index (χ2n) is 4.62. The van der Waals surface area contributed by atoms with Crippen molar-refractivity contribution in [2.75, 3.05) is 0 Å². The second-order valence-corrected chi connectivity index (χ2v) is 5.76. The number of hydrogen-bond donors (Lipinski definition) is 1. The quantitative estimate of drug-likeness (QED) is 0.882. The minimum absolute atomic E-state index is 0.272. The third kappa shape index (κ3) is 3.57. The van der Waals surface area contributed by atoms with Gasteiger partial charge in [0.2, 0.25) is 0 Å². The largest absolute Gasteiger partial charge is 0.487 e. The van der Waals surface area contributed by atoms with Crippen molar-refractivity contribution < 1.29 is 14.6 Å². The third-order valence-electron chi connectivity index (χ3n) is 2.77. The first-order valence-electron chi connectivity index (χ1n) is 6.49. The summed E-state index contributed by atoms with van der Waals surface area (Å²) in [6.07, 6.45) is 5.37. The normalized spacial score (nSPS) is 10.5. The highest BCUT2D eigenvalue weighted by molar-refractivity contribution is 7.14. The summed E-state index contributed by atoms with van der Waals surface area (Å²) in [5, 5.41) is 9.21. The molecule has 1 N–H and O–H groups in total. The molecule has 0 saturated carbocycles. The lowest BCUT2D eigenvalue weighted by Crippen LogP contribution is -2.00. The Balaban J connectivity index is 2.13. The van der Waals surface area contributed by atoms with Gasteiger partial charge in [-0.25, -0.2) is 4.79 Å². The zero-order chi connectivity index (χ0) is 14.5. The number of aromatic nitrogens is 1. The minimum atomic E-state index is -0.935. The molecule has 0 atom stereocenters. The predicted octanol–water partition coefficient (Wildman–Crippen LogP) is 3.68. The lowest BCUT2D eigenvalue weighted by atomic mass is 10.2. The Kier molecular flexibility index (Phi) is 4.74. The number of ether oxygens (including phenoxy) is 1. The van der Waals surface area contributed by atoms with E-state index in [2.05, 4.69) is 11.9 Å². The van der Waals surface area contributed by atoms with Crippen LogP contribution >= 0.6 is 11.3 Å². The molecule has 106 valence electrons. The van der Waals surface area contributed by atoms with Crippen LogP contribution in [-0.2, 0) is 13.0 Å². The molecule has 0 aliphatic heterocycles. The zero-order valence-corrected chi connectivity index (χ0v) is 12.4. The van der Waals surface area contributed by atoms with Crippen LogP contribution < -0.4 is 4.74 Å². The van der Waals surface area contributed by atoms with E-state index < -0.39 is 5.97 Å². The number of thiophene rings is 1. The number of carboxylic acid groups (broad SMARTS) is 1. The molecule has 4 nitrogen and oxygen atoms in total. The molecule has 0 aromatic carbocycles. The maximum atomic E-state index is 11.2. The van der Waals surface area contributed by atoms with Crippen LogP contribution in [0.25, 0.3) is 0 Å². The van der Waals surface area contributed by atoms with Crippen molar-refractivity contribution in [1.82, 2.24) is 4.98 Å². The van der Waals surface area contributed by atoms with Gasteiger partial charge in [0.05, 0.1) is 0 Å². The van der Waals surface area contributed by atoms with Crippen molar-refractivity contribution >= 4 is 17.3 Å². The Labute approximate surface area is 122 Å². The van der Waals surface area contributed by atoms with Crippen LogP contribution in [0.2, 0.25) is 0 Å². The molecule has 2 rings (SSSR count). The first kappa shape index (κ1) is 14.5. The van der Waals surface area contributed by atoms with Gasteiger partial charge in [-0.05, 0) is 31.0 Å². The van der Waals surface area contributed by atoms with Crippen LogP contribution in [0.3, 0.4) is 0 Å². The maximum Gasteiger partial charge on any atom is 0.349 e. The summed E-state index contributed by atoms with van der Waals surface area (Å²) >= 11 is 1.29. The van der Waals surface area contributed by atoms with Crippen LogP contribution in [0.15, 0.2) is 24.5 Å². The van der Waals surface area contributed by atoms with Gasteiger partial charge in [-0.15, -0.1) is 11.3 Å². The number of hydrogen-bond acceptors (Lipinski definition) is 4. The summed E-state index contributed by atoms with van der Waals surface area (Å²) in [7, 11) is 0.